The van der Waals surface area contributed by atoms with E-state index in [9.17, 15) is 4.79 Å². The molecule has 6 nitrogen and oxygen atoms in total. The molecule has 0 spiro atoms. The molecule has 1 aliphatic heterocycles. The summed E-state index contributed by atoms with van der Waals surface area (Å²) in [4.78, 5) is 15.0. The third-order valence-electron chi connectivity index (χ3n) is 4.99. The lowest BCUT2D eigenvalue weighted by Gasteiger charge is -2.34. The van der Waals surface area contributed by atoms with Crippen molar-refractivity contribution in [3.63, 3.8) is 0 Å². The molecule has 24 heavy (non-hydrogen) atoms. The second-order valence-corrected chi connectivity index (χ2v) is 6.93. The Morgan fingerprint density at radius 1 is 1.38 bits per heavy atom. The number of hydrogen-bond acceptors (Lipinski definition) is 4. The van der Waals surface area contributed by atoms with Crippen LogP contribution >= 0.6 is 0 Å². The van der Waals surface area contributed by atoms with Crippen molar-refractivity contribution in [3.8, 4) is 5.82 Å². The van der Waals surface area contributed by atoms with Gasteiger partial charge in [-0.15, -0.1) is 0 Å². The molecule has 0 radical (unpaired) electrons. The number of carbonyl (C=O) groups is 1. The molecule has 1 saturated heterocycles. The SMILES string of the molecule is Cc1cc(-n2c(C)cc(C(=O)N3CCCC(C(C)N)C3)c2C)no1. The minimum absolute atomic E-state index is 0.0833. The quantitative estimate of drug-likeness (QED) is 0.938. The number of carbonyl (C=O) groups excluding carboxylic acids is 1. The Morgan fingerprint density at radius 3 is 2.75 bits per heavy atom. The summed E-state index contributed by atoms with van der Waals surface area (Å²) in [6, 6.07) is 3.93. The first-order valence-corrected chi connectivity index (χ1v) is 8.56. The Morgan fingerprint density at radius 2 is 2.12 bits per heavy atom. The van der Waals surface area contributed by atoms with Gasteiger partial charge in [-0.25, -0.2) is 0 Å². The van der Waals surface area contributed by atoms with Gasteiger partial charge in [-0.1, -0.05) is 5.16 Å². The predicted octanol–water partition coefficient (Wildman–Crippen LogP) is 2.59. The summed E-state index contributed by atoms with van der Waals surface area (Å²) >= 11 is 0. The van der Waals surface area contributed by atoms with Gasteiger partial charge >= 0.3 is 0 Å². The van der Waals surface area contributed by atoms with Crippen molar-refractivity contribution in [2.75, 3.05) is 13.1 Å². The van der Waals surface area contributed by atoms with Crippen molar-refractivity contribution in [1.82, 2.24) is 14.6 Å². The van der Waals surface area contributed by atoms with Crippen LogP contribution in [0.1, 0.15) is 47.3 Å². The van der Waals surface area contributed by atoms with Gasteiger partial charge in [-0.2, -0.15) is 0 Å². The normalized spacial score (nSPS) is 19.5. The van der Waals surface area contributed by atoms with Crippen LogP contribution in [0.15, 0.2) is 16.7 Å². The van der Waals surface area contributed by atoms with E-state index in [-0.39, 0.29) is 11.9 Å². The predicted molar refractivity (Wildman–Crippen MR) is 92.3 cm³/mol. The lowest BCUT2D eigenvalue weighted by molar-refractivity contribution is 0.0660. The molecule has 2 atom stereocenters. The van der Waals surface area contributed by atoms with E-state index in [4.69, 9.17) is 10.3 Å². The van der Waals surface area contributed by atoms with E-state index in [1.54, 1.807) is 0 Å². The summed E-state index contributed by atoms with van der Waals surface area (Å²) in [6.45, 7) is 9.36. The third-order valence-corrected chi connectivity index (χ3v) is 4.99. The van der Waals surface area contributed by atoms with E-state index in [0.29, 0.717) is 11.7 Å². The van der Waals surface area contributed by atoms with Crippen molar-refractivity contribution in [3.05, 3.63) is 34.8 Å². The maximum absolute atomic E-state index is 13.0. The first-order valence-electron chi connectivity index (χ1n) is 8.56. The van der Waals surface area contributed by atoms with Gasteiger partial charge in [0.1, 0.15) is 5.76 Å². The molecule has 3 rings (SSSR count). The number of rotatable bonds is 3. The summed E-state index contributed by atoms with van der Waals surface area (Å²) in [6.07, 6.45) is 2.11. The molecule has 3 heterocycles. The van der Waals surface area contributed by atoms with Crippen LogP contribution < -0.4 is 5.73 Å². The van der Waals surface area contributed by atoms with Gasteiger partial charge in [0.25, 0.3) is 5.91 Å². The largest absolute Gasteiger partial charge is 0.360 e. The average Bonchev–Trinajstić information content (AvgIpc) is 3.09. The first kappa shape index (κ1) is 16.8. The van der Waals surface area contributed by atoms with Crippen molar-refractivity contribution >= 4 is 5.91 Å². The zero-order valence-electron chi connectivity index (χ0n) is 14.9. The van der Waals surface area contributed by atoms with Crippen molar-refractivity contribution < 1.29 is 9.32 Å². The zero-order chi connectivity index (χ0) is 17.4. The van der Waals surface area contributed by atoms with Crippen LogP contribution in [0.25, 0.3) is 5.82 Å². The number of hydrogen-bond donors (Lipinski definition) is 1. The lowest BCUT2D eigenvalue weighted by Crippen LogP contribution is -2.45. The van der Waals surface area contributed by atoms with Crippen LogP contribution in [0.5, 0.6) is 0 Å². The number of nitrogens with two attached hydrogens (primary N) is 1. The van der Waals surface area contributed by atoms with Crippen molar-refractivity contribution in [2.45, 2.75) is 46.6 Å². The maximum atomic E-state index is 13.0. The summed E-state index contributed by atoms with van der Waals surface area (Å²) in [5, 5.41) is 4.07. The molecule has 2 aromatic rings. The second-order valence-electron chi connectivity index (χ2n) is 6.93. The van der Waals surface area contributed by atoms with Crippen LogP contribution in [0.4, 0.5) is 0 Å². The fourth-order valence-electron chi connectivity index (χ4n) is 3.58. The van der Waals surface area contributed by atoms with Gasteiger partial charge in [0.2, 0.25) is 0 Å². The van der Waals surface area contributed by atoms with E-state index in [0.717, 1.165) is 48.6 Å². The molecule has 0 saturated carbocycles. The summed E-state index contributed by atoms with van der Waals surface area (Å²) in [5.74, 6) is 1.93. The van der Waals surface area contributed by atoms with E-state index < -0.39 is 0 Å². The van der Waals surface area contributed by atoms with Gasteiger partial charge in [0.05, 0.1) is 5.56 Å². The fourth-order valence-corrected chi connectivity index (χ4v) is 3.58. The van der Waals surface area contributed by atoms with Crippen molar-refractivity contribution in [1.29, 1.82) is 0 Å². The highest BCUT2D eigenvalue weighted by molar-refractivity contribution is 5.96. The van der Waals surface area contributed by atoms with Crippen LogP contribution in [-0.2, 0) is 0 Å². The maximum Gasteiger partial charge on any atom is 0.255 e. The van der Waals surface area contributed by atoms with E-state index in [2.05, 4.69) is 5.16 Å². The minimum Gasteiger partial charge on any atom is -0.360 e. The van der Waals surface area contributed by atoms with Gasteiger partial charge < -0.3 is 15.2 Å². The van der Waals surface area contributed by atoms with Crippen molar-refractivity contribution in [2.24, 2.45) is 11.7 Å². The molecule has 0 aromatic carbocycles. The molecule has 2 N–H and O–H groups in total. The topological polar surface area (TPSA) is 77.3 Å². The molecule has 1 fully saturated rings. The molecule has 2 aromatic heterocycles. The van der Waals surface area contributed by atoms with Gasteiger partial charge in [-0.05, 0) is 52.5 Å². The molecule has 1 aliphatic rings. The number of aromatic nitrogens is 2. The molecular weight excluding hydrogens is 304 g/mol. The Bertz CT molecular complexity index is 744. The molecule has 130 valence electrons. The molecule has 0 bridgehead atoms. The Kier molecular flexibility index (Phi) is 4.49. The summed E-state index contributed by atoms with van der Waals surface area (Å²) < 4.78 is 7.14. The van der Waals surface area contributed by atoms with Crippen LogP contribution in [0, 0.1) is 26.7 Å². The Hall–Kier alpha value is -2.08. The Balaban J connectivity index is 1.88. The van der Waals surface area contributed by atoms with Gasteiger partial charge in [0, 0.05) is 36.6 Å². The highest BCUT2D eigenvalue weighted by Gasteiger charge is 2.28. The molecule has 0 aliphatic carbocycles. The highest BCUT2D eigenvalue weighted by atomic mass is 16.5. The number of nitrogens with zero attached hydrogens (tertiary/aromatic N) is 3. The minimum atomic E-state index is 0.0833. The molecule has 1 amide bonds. The van der Waals surface area contributed by atoms with E-state index in [1.807, 2.05) is 49.3 Å². The molecule has 2 unspecified atom stereocenters. The van der Waals surface area contributed by atoms with Crippen LogP contribution in [-0.4, -0.2) is 39.7 Å². The number of likely N-dealkylation sites (tertiary alicyclic amines) is 1. The van der Waals surface area contributed by atoms with E-state index in [1.165, 1.54) is 0 Å². The van der Waals surface area contributed by atoms with Crippen LogP contribution in [0.3, 0.4) is 0 Å². The first-order chi connectivity index (χ1) is 11.4. The lowest BCUT2D eigenvalue weighted by atomic mass is 9.92. The number of piperidine rings is 1. The Labute approximate surface area is 142 Å². The molecular formula is C18H26N4O2. The second kappa shape index (κ2) is 6.43. The average molecular weight is 330 g/mol. The van der Waals surface area contributed by atoms with Gasteiger partial charge in [-0.3, -0.25) is 9.36 Å². The number of aryl methyl sites for hydroxylation is 2. The zero-order valence-corrected chi connectivity index (χ0v) is 14.9. The smallest absolute Gasteiger partial charge is 0.255 e. The molecule has 6 heteroatoms. The number of amides is 1. The fraction of sp³-hybridized carbons (Fsp3) is 0.556. The standard InChI is InChI=1S/C18H26N4O2/c1-11-8-16(14(4)22(11)17-9-12(2)24-20-17)18(23)21-7-5-6-15(10-21)13(3)19/h8-9,13,15H,5-7,10,19H2,1-4H3. The van der Waals surface area contributed by atoms with E-state index >= 15 is 0 Å². The highest BCUT2D eigenvalue weighted by Crippen LogP contribution is 2.25. The summed E-state index contributed by atoms with van der Waals surface area (Å²) in [5.41, 5.74) is 8.65. The monoisotopic (exact) mass is 330 g/mol. The third kappa shape index (κ3) is 2.98. The van der Waals surface area contributed by atoms with Gasteiger partial charge in [0.15, 0.2) is 5.82 Å². The van der Waals surface area contributed by atoms with Crippen LogP contribution in [0.2, 0.25) is 0 Å². The summed E-state index contributed by atoms with van der Waals surface area (Å²) in [7, 11) is 0.